The fourth-order valence-electron chi connectivity index (χ4n) is 4.23. The zero-order chi connectivity index (χ0) is 22.8. The van der Waals surface area contributed by atoms with Crippen LogP contribution in [-0.2, 0) is 9.53 Å². The number of hydrogen-bond donors (Lipinski definition) is 3. The van der Waals surface area contributed by atoms with Crippen molar-refractivity contribution in [3.05, 3.63) is 53.3 Å². The lowest BCUT2D eigenvalue weighted by Crippen LogP contribution is -2.22. The zero-order valence-electron chi connectivity index (χ0n) is 18.2. The molecule has 0 aliphatic carbocycles. The van der Waals surface area contributed by atoms with Gasteiger partial charge < -0.3 is 20.3 Å². The number of rotatable bonds is 6. The highest BCUT2D eigenvalue weighted by molar-refractivity contribution is 5.99. The number of aliphatic carboxylic acids is 1. The minimum Gasteiger partial charge on any atom is -0.508 e. The van der Waals surface area contributed by atoms with E-state index < -0.39 is 11.9 Å². The number of phenols is 1. The number of benzene rings is 2. The number of aryl methyl sites for hydroxylation is 1. The number of nitrogens with zero attached hydrogens (tertiary/aromatic N) is 1. The van der Waals surface area contributed by atoms with Crippen molar-refractivity contribution in [1.29, 1.82) is 0 Å². The van der Waals surface area contributed by atoms with Crippen LogP contribution in [0, 0.1) is 18.7 Å². The summed E-state index contributed by atoms with van der Waals surface area (Å²) in [5, 5.41) is 23.5. The molecule has 0 amide bonds. The summed E-state index contributed by atoms with van der Waals surface area (Å²) in [6, 6.07) is 10.1. The molecule has 1 aromatic heterocycles. The Hall–Kier alpha value is -3.19. The Balaban J connectivity index is 1.97. The van der Waals surface area contributed by atoms with E-state index in [4.69, 9.17) is 9.72 Å². The first-order valence-corrected chi connectivity index (χ1v) is 10.8. The van der Waals surface area contributed by atoms with Crippen molar-refractivity contribution in [3.8, 4) is 16.9 Å². The lowest BCUT2D eigenvalue weighted by atomic mass is 9.84. The third-order valence-electron chi connectivity index (χ3n) is 6.08. The third kappa shape index (κ3) is 4.39. The average molecular weight is 438 g/mol. The van der Waals surface area contributed by atoms with Gasteiger partial charge in [0.25, 0.3) is 0 Å². The Morgan fingerprint density at radius 3 is 2.69 bits per heavy atom. The molecular formula is C25H27FN2O4. The monoisotopic (exact) mass is 438 g/mol. The van der Waals surface area contributed by atoms with Crippen LogP contribution >= 0.6 is 0 Å². The van der Waals surface area contributed by atoms with Crippen molar-refractivity contribution < 1.29 is 24.1 Å². The predicted molar refractivity (Wildman–Crippen MR) is 122 cm³/mol. The Morgan fingerprint density at radius 2 is 2.00 bits per heavy atom. The highest BCUT2D eigenvalue weighted by Crippen LogP contribution is 2.43. The van der Waals surface area contributed by atoms with E-state index in [1.54, 1.807) is 32.0 Å². The van der Waals surface area contributed by atoms with Crippen LogP contribution < -0.4 is 5.32 Å². The fourth-order valence-corrected chi connectivity index (χ4v) is 4.23. The molecule has 2 aromatic carbocycles. The summed E-state index contributed by atoms with van der Waals surface area (Å²) < 4.78 is 19.6. The van der Waals surface area contributed by atoms with Gasteiger partial charge in [-0.25, -0.2) is 9.37 Å². The molecule has 0 saturated carbocycles. The normalized spacial score (nSPS) is 15.6. The summed E-state index contributed by atoms with van der Waals surface area (Å²) in [5.74, 6) is -0.924. The number of carboxylic acid groups (broad SMARTS) is 1. The van der Waals surface area contributed by atoms with Crippen LogP contribution in [0.2, 0.25) is 0 Å². The van der Waals surface area contributed by atoms with E-state index in [0.29, 0.717) is 30.1 Å². The van der Waals surface area contributed by atoms with Gasteiger partial charge in [0.1, 0.15) is 17.4 Å². The van der Waals surface area contributed by atoms with E-state index >= 15 is 0 Å². The molecule has 1 fully saturated rings. The minimum atomic E-state index is -0.891. The largest absolute Gasteiger partial charge is 0.508 e. The van der Waals surface area contributed by atoms with Crippen molar-refractivity contribution in [2.24, 2.45) is 5.92 Å². The van der Waals surface area contributed by atoms with Gasteiger partial charge in [-0.05, 0) is 66.6 Å². The molecule has 168 valence electrons. The number of anilines is 1. The summed E-state index contributed by atoms with van der Waals surface area (Å²) >= 11 is 0. The van der Waals surface area contributed by atoms with Crippen molar-refractivity contribution in [2.75, 3.05) is 25.1 Å². The molecule has 1 aliphatic rings. The molecule has 1 unspecified atom stereocenters. The molecule has 6 nitrogen and oxygen atoms in total. The van der Waals surface area contributed by atoms with Crippen LogP contribution in [-0.4, -0.2) is 40.9 Å². The molecule has 2 heterocycles. The number of fused-ring (bicyclic) bond motifs is 1. The van der Waals surface area contributed by atoms with Gasteiger partial charge >= 0.3 is 5.97 Å². The first kappa shape index (κ1) is 22.0. The quantitative estimate of drug-likeness (QED) is 0.497. The van der Waals surface area contributed by atoms with E-state index in [1.165, 1.54) is 6.07 Å². The molecule has 7 heteroatoms. The maximum Gasteiger partial charge on any atom is 0.308 e. The first-order valence-electron chi connectivity index (χ1n) is 10.8. The van der Waals surface area contributed by atoms with Crippen LogP contribution in [0.1, 0.15) is 36.8 Å². The molecule has 1 aliphatic heterocycles. The topological polar surface area (TPSA) is 91.7 Å². The predicted octanol–water partition coefficient (Wildman–Crippen LogP) is 5.08. The lowest BCUT2D eigenvalue weighted by Gasteiger charge is -2.28. The summed E-state index contributed by atoms with van der Waals surface area (Å²) in [4.78, 5) is 16.2. The van der Waals surface area contributed by atoms with Crippen molar-refractivity contribution in [1.82, 2.24) is 4.98 Å². The Labute approximate surface area is 186 Å². The molecule has 0 spiro atoms. The SMILES string of the molecule is Cc1cc(-c2c(C3CCOCC3)c(NCC(C)C(=O)O)nc3cc(O)ccc23)ccc1F. The smallest absolute Gasteiger partial charge is 0.308 e. The summed E-state index contributed by atoms with van der Waals surface area (Å²) in [7, 11) is 0. The van der Waals surface area contributed by atoms with E-state index in [1.807, 2.05) is 12.1 Å². The van der Waals surface area contributed by atoms with Gasteiger partial charge in [-0.15, -0.1) is 0 Å². The van der Waals surface area contributed by atoms with E-state index in [9.17, 15) is 19.4 Å². The van der Waals surface area contributed by atoms with Gasteiger partial charge in [0.05, 0.1) is 11.4 Å². The van der Waals surface area contributed by atoms with Crippen LogP contribution in [0.15, 0.2) is 36.4 Å². The number of carbonyl (C=O) groups is 1. The minimum absolute atomic E-state index is 0.0925. The number of hydrogen-bond acceptors (Lipinski definition) is 5. The van der Waals surface area contributed by atoms with Crippen LogP contribution in [0.5, 0.6) is 5.75 Å². The second-order valence-corrected chi connectivity index (χ2v) is 8.42. The average Bonchev–Trinajstić information content (AvgIpc) is 2.78. The third-order valence-corrected chi connectivity index (χ3v) is 6.08. The van der Waals surface area contributed by atoms with Crippen molar-refractivity contribution in [2.45, 2.75) is 32.6 Å². The summed E-state index contributed by atoms with van der Waals surface area (Å²) in [6.07, 6.45) is 1.61. The summed E-state index contributed by atoms with van der Waals surface area (Å²) in [5.41, 5.74) is 3.89. The van der Waals surface area contributed by atoms with E-state index in [2.05, 4.69) is 5.32 Å². The summed E-state index contributed by atoms with van der Waals surface area (Å²) in [6.45, 7) is 4.84. The van der Waals surface area contributed by atoms with Gasteiger partial charge in [0.15, 0.2) is 0 Å². The van der Waals surface area contributed by atoms with E-state index in [-0.39, 0.29) is 24.0 Å². The Bertz CT molecular complexity index is 1160. The van der Waals surface area contributed by atoms with Crippen LogP contribution in [0.4, 0.5) is 10.2 Å². The highest BCUT2D eigenvalue weighted by atomic mass is 19.1. The molecule has 3 aromatic rings. The Morgan fingerprint density at radius 1 is 1.25 bits per heavy atom. The lowest BCUT2D eigenvalue weighted by molar-refractivity contribution is -0.140. The fraction of sp³-hybridized carbons (Fsp3) is 0.360. The number of aromatic hydroxyl groups is 1. The molecule has 0 bridgehead atoms. The number of aromatic nitrogens is 1. The standard InChI is InChI=1S/C25H27FN2O4/c1-14-11-17(3-6-20(14)26)22-19-5-4-18(29)12-21(19)28-24(27-13-15(2)25(30)31)23(22)16-7-9-32-10-8-16/h3-6,11-12,15-16,29H,7-10,13H2,1-2H3,(H,27,28)(H,30,31). The van der Waals surface area contributed by atoms with Crippen molar-refractivity contribution in [3.63, 3.8) is 0 Å². The van der Waals surface area contributed by atoms with Crippen molar-refractivity contribution >= 4 is 22.7 Å². The molecule has 0 radical (unpaired) electrons. The number of halogens is 1. The first-order chi connectivity index (χ1) is 15.3. The molecule has 3 N–H and O–H groups in total. The van der Waals surface area contributed by atoms with Gasteiger partial charge in [-0.3, -0.25) is 4.79 Å². The van der Waals surface area contributed by atoms with Crippen LogP contribution in [0.3, 0.4) is 0 Å². The van der Waals surface area contributed by atoms with Gasteiger partial charge in [-0.2, -0.15) is 0 Å². The maximum atomic E-state index is 14.1. The second-order valence-electron chi connectivity index (χ2n) is 8.42. The second kappa shape index (κ2) is 9.12. The van der Waals surface area contributed by atoms with Crippen LogP contribution in [0.25, 0.3) is 22.0 Å². The maximum absolute atomic E-state index is 14.1. The molecule has 1 saturated heterocycles. The highest BCUT2D eigenvalue weighted by Gasteiger charge is 2.27. The van der Waals surface area contributed by atoms with Gasteiger partial charge in [0.2, 0.25) is 0 Å². The number of carboxylic acids is 1. The van der Waals surface area contributed by atoms with Gasteiger partial charge in [-0.1, -0.05) is 13.0 Å². The number of pyridine rings is 1. The molecule has 1 atom stereocenters. The molecule has 4 rings (SSSR count). The zero-order valence-corrected chi connectivity index (χ0v) is 18.2. The molecular weight excluding hydrogens is 411 g/mol. The van der Waals surface area contributed by atoms with Gasteiger partial charge in [0, 0.05) is 36.8 Å². The number of phenolic OH excluding ortho intramolecular Hbond substituents is 1. The molecule has 32 heavy (non-hydrogen) atoms. The number of ether oxygens (including phenoxy) is 1. The van der Waals surface area contributed by atoms with E-state index in [0.717, 1.165) is 34.9 Å². The number of nitrogens with one attached hydrogen (secondary N) is 1. The Kier molecular flexibility index (Phi) is 6.28.